The van der Waals surface area contributed by atoms with Crippen molar-refractivity contribution in [2.45, 2.75) is 19.8 Å². The van der Waals surface area contributed by atoms with Gasteiger partial charge in [-0.3, -0.25) is 9.59 Å². The van der Waals surface area contributed by atoms with Crippen LogP contribution in [0.4, 0.5) is 0 Å². The van der Waals surface area contributed by atoms with Gasteiger partial charge in [0.25, 0.3) is 0 Å². The molecule has 2 N–H and O–H groups in total. The van der Waals surface area contributed by atoms with E-state index in [1.807, 2.05) is 30.3 Å². The number of allylic oxidation sites excluding steroid dienone is 1. The molecule has 4 nitrogen and oxygen atoms in total. The number of rotatable bonds is 6. The molecule has 0 fully saturated rings. The molecule has 0 atom stereocenters. The maximum absolute atomic E-state index is 11.3. The molecule has 0 radical (unpaired) electrons. The molecule has 0 saturated carbocycles. The largest absolute Gasteiger partial charge is 0.480 e. The van der Waals surface area contributed by atoms with Crippen molar-refractivity contribution in [2.24, 2.45) is 5.41 Å². The van der Waals surface area contributed by atoms with E-state index in [1.165, 1.54) is 0 Å². The number of hydrogen-bond acceptors (Lipinski definition) is 2. The van der Waals surface area contributed by atoms with Gasteiger partial charge in [0.05, 0.1) is 0 Å². The summed E-state index contributed by atoms with van der Waals surface area (Å²) in [4.78, 5) is 22.7. The zero-order valence-electron chi connectivity index (χ0n) is 11.2. The molecule has 4 heteroatoms. The summed E-state index contributed by atoms with van der Waals surface area (Å²) in [6, 6.07) is 9.28. The first kappa shape index (κ1) is 15.5. The molecule has 0 heterocycles. The van der Waals surface area contributed by atoms with Gasteiger partial charge in [0.15, 0.2) is 5.41 Å². The topological polar surface area (TPSA) is 74.6 Å². The first-order valence-corrected chi connectivity index (χ1v) is 6.11. The Morgan fingerprint density at radius 1 is 1.20 bits per heavy atom. The van der Waals surface area contributed by atoms with E-state index in [1.54, 1.807) is 19.1 Å². The SMILES string of the molecule is CC#CCC(C/C=C/c1ccccc1)(C(=O)O)C(=O)O. The predicted molar refractivity (Wildman–Crippen MR) is 75.9 cm³/mol. The second-order valence-electron chi connectivity index (χ2n) is 4.31. The highest BCUT2D eigenvalue weighted by molar-refractivity contribution is 5.98. The number of carboxylic acids is 2. The van der Waals surface area contributed by atoms with E-state index in [9.17, 15) is 19.8 Å². The quantitative estimate of drug-likeness (QED) is 0.616. The Labute approximate surface area is 117 Å². The van der Waals surface area contributed by atoms with Crippen molar-refractivity contribution >= 4 is 18.0 Å². The van der Waals surface area contributed by atoms with Crippen LogP contribution in [0.5, 0.6) is 0 Å². The molecule has 0 amide bonds. The molecule has 1 aromatic carbocycles. The van der Waals surface area contributed by atoms with Crippen LogP contribution < -0.4 is 0 Å². The summed E-state index contributed by atoms with van der Waals surface area (Å²) in [5.41, 5.74) is -1.01. The Balaban J connectivity index is 2.94. The van der Waals surface area contributed by atoms with Gasteiger partial charge in [0.2, 0.25) is 0 Å². The smallest absolute Gasteiger partial charge is 0.322 e. The van der Waals surface area contributed by atoms with Crippen molar-refractivity contribution in [3.8, 4) is 11.8 Å². The van der Waals surface area contributed by atoms with E-state index >= 15 is 0 Å². The van der Waals surface area contributed by atoms with Crippen molar-refractivity contribution in [2.75, 3.05) is 0 Å². The van der Waals surface area contributed by atoms with Crippen LogP contribution in [0, 0.1) is 17.3 Å². The van der Waals surface area contributed by atoms with Crippen molar-refractivity contribution < 1.29 is 19.8 Å². The van der Waals surface area contributed by atoms with Crippen molar-refractivity contribution in [1.82, 2.24) is 0 Å². The summed E-state index contributed by atoms with van der Waals surface area (Å²) in [5.74, 6) is 2.36. The van der Waals surface area contributed by atoms with E-state index in [4.69, 9.17) is 0 Å². The monoisotopic (exact) mass is 272 g/mol. The van der Waals surface area contributed by atoms with Gasteiger partial charge < -0.3 is 10.2 Å². The summed E-state index contributed by atoms with van der Waals surface area (Å²) in [6.45, 7) is 1.55. The van der Waals surface area contributed by atoms with Crippen LogP contribution >= 0.6 is 0 Å². The third-order valence-corrected chi connectivity index (χ3v) is 2.96. The third kappa shape index (κ3) is 3.72. The molecule has 1 rings (SSSR count). The van der Waals surface area contributed by atoms with Gasteiger partial charge >= 0.3 is 11.9 Å². The minimum Gasteiger partial charge on any atom is -0.480 e. The lowest BCUT2D eigenvalue weighted by Crippen LogP contribution is -2.38. The summed E-state index contributed by atoms with van der Waals surface area (Å²) < 4.78 is 0. The summed E-state index contributed by atoms with van der Waals surface area (Å²) in [6.07, 6.45) is 2.95. The lowest BCUT2D eigenvalue weighted by molar-refractivity contribution is -0.164. The Kier molecular flexibility index (Phi) is 5.55. The fraction of sp³-hybridized carbons (Fsp3) is 0.250. The average molecular weight is 272 g/mol. The fourth-order valence-corrected chi connectivity index (χ4v) is 1.69. The molecule has 0 unspecified atom stereocenters. The molecule has 0 aliphatic carbocycles. The third-order valence-electron chi connectivity index (χ3n) is 2.96. The number of aliphatic carboxylic acids is 2. The van der Waals surface area contributed by atoms with E-state index in [0.717, 1.165) is 5.56 Å². The molecule has 0 aliphatic heterocycles. The number of carbonyl (C=O) groups is 2. The van der Waals surface area contributed by atoms with Crippen molar-refractivity contribution in [3.63, 3.8) is 0 Å². The lowest BCUT2D eigenvalue weighted by Gasteiger charge is -2.20. The van der Waals surface area contributed by atoms with Crippen molar-refractivity contribution in [3.05, 3.63) is 42.0 Å². The van der Waals surface area contributed by atoms with Gasteiger partial charge in [0.1, 0.15) is 0 Å². The van der Waals surface area contributed by atoms with Crippen LogP contribution in [0.1, 0.15) is 25.3 Å². The van der Waals surface area contributed by atoms with Gasteiger partial charge in [-0.15, -0.1) is 11.8 Å². The van der Waals surface area contributed by atoms with Crippen LogP contribution in [0.25, 0.3) is 6.08 Å². The Hall–Kier alpha value is -2.54. The highest BCUT2D eigenvalue weighted by Crippen LogP contribution is 2.28. The average Bonchev–Trinajstić information content (AvgIpc) is 2.43. The molecule has 0 aliphatic rings. The number of hydrogen-bond donors (Lipinski definition) is 2. The van der Waals surface area contributed by atoms with E-state index in [2.05, 4.69) is 11.8 Å². The molecular weight excluding hydrogens is 256 g/mol. The maximum Gasteiger partial charge on any atom is 0.322 e. The molecular formula is C16H16O4. The van der Waals surface area contributed by atoms with Crippen molar-refractivity contribution in [1.29, 1.82) is 0 Å². The van der Waals surface area contributed by atoms with E-state index in [0.29, 0.717) is 0 Å². The first-order valence-electron chi connectivity index (χ1n) is 6.11. The van der Waals surface area contributed by atoms with Gasteiger partial charge in [-0.2, -0.15) is 0 Å². The van der Waals surface area contributed by atoms with Gasteiger partial charge in [0, 0.05) is 6.42 Å². The second kappa shape index (κ2) is 7.15. The van der Waals surface area contributed by atoms with Crippen LogP contribution in [-0.2, 0) is 9.59 Å². The van der Waals surface area contributed by atoms with Gasteiger partial charge in [-0.1, -0.05) is 42.5 Å². The number of carboxylic acid groups (broad SMARTS) is 2. The Morgan fingerprint density at radius 3 is 2.30 bits per heavy atom. The minimum atomic E-state index is -1.89. The zero-order valence-corrected chi connectivity index (χ0v) is 11.2. The van der Waals surface area contributed by atoms with Crippen LogP contribution in [0.3, 0.4) is 0 Å². The molecule has 1 aromatic rings. The van der Waals surface area contributed by atoms with Crippen LogP contribution in [-0.4, -0.2) is 22.2 Å². The first-order chi connectivity index (χ1) is 9.53. The Bertz CT molecular complexity index is 547. The fourth-order valence-electron chi connectivity index (χ4n) is 1.69. The lowest BCUT2D eigenvalue weighted by atomic mass is 9.81. The summed E-state index contributed by atoms with van der Waals surface area (Å²) in [5, 5.41) is 18.5. The molecule has 0 bridgehead atoms. The molecule has 0 aromatic heterocycles. The molecule has 0 saturated heterocycles. The van der Waals surface area contributed by atoms with Gasteiger partial charge in [-0.05, 0) is 18.9 Å². The van der Waals surface area contributed by atoms with E-state index in [-0.39, 0.29) is 12.8 Å². The normalized spacial score (nSPS) is 10.8. The molecule has 20 heavy (non-hydrogen) atoms. The zero-order chi connectivity index (χ0) is 15.0. The Morgan fingerprint density at radius 2 is 1.80 bits per heavy atom. The summed E-state index contributed by atoms with van der Waals surface area (Å²) >= 11 is 0. The van der Waals surface area contributed by atoms with Crippen LogP contribution in [0.15, 0.2) is 36.4 Å². The minimum absolute atomic E-state index is 0.110. The summed E-state index contributed by atoms with van der Waals surface area (Å²) in [7, 11) is 0. The van der Waals surface area contributed by atoms with Crippen LogP contribution in [0.2, 0.25) is 0 Å². The second-order valence-corrected chi connectivity index (χ2v) is 4.31. The maximum atomic E-state index is 11.3. The number of benzene rings is 1. The van der Waals surface area contributed by atoms with E-state index < -0.39 is 17.4 Å². The van der Waals surface area contributed by atoms with Gasteiger partial charge in [-0.25, -0.2) is 0 Å². The highest BCUT2D eigenvalue weighted by Gasteiger charge is 2.45. The highest BCUT2D eigenvalue weighted by atomic mass is 16.4. The standard InChI is InChI=1S/C16H16O4/c1-2-3-11-16(14(17)18,15(19)20)12-7-10-13-8-5-4-6-9-13/h4-10H,11-12H2,1H3,(H,17,18)(H,19,20)/b10-7+. The molecule has 0 spiro atoms. The predicted octanol–water partition coefficient (Wildman–Crippen LogP) is 2.66. The molecule has 104 valence electrons.